The normalized spacial score (nSPS) is 11.8. The topological polar surface area (TPSA) is 78.9 Å². The van der Waals surface area contributed by atoms with Crippen molar-refractivity contribution in [3.63, 3.8) is 0 Å². The highest BCUT2D eigenvalue weighted by molar-refractivity contribution is 9.10. The summed E-state index contributed by atoms with van der Waals surface area (Å²) < 4.78 is 0.974. The van der Waals surface area contributed by atoms with E-state index in [1.54, 1.807) is 11.0 Å². The van der Waals surface area contributed by atoms with Crippen molar-refractivity contribution >= 4 is 27.7 Å². The molecule has 0 aromatic heterocycles. The molecule has 0 bridgehead atoms. The molecule has 0 fully saturated rings. The minimum absolute atomic E-state index is 0.0398. The summed E-state index contributed by atoms with van der Waals surface area (Å²) in [6, 6.07) is 5.55. The summed E-state index contributed by atoms with van der Waals surface area (Å²) in [5.41, 5.74) is 7.11. The van der Waals surface area contributed by atoms with Gasteiger partial charge in [-0.1, -0.05) is 21.1 Å². The van der Waals surface area contributed by atoms with E-state index in [9.17, 15) is 4.79 Å². The molecule has 0 radical (unpaired) electrons. The Morgan fingerprint density at radius 2 is 2.15 bits per heavy atom. The van der Waals surface area contributed by atoms with Crippen LogP contribution < -0.4 is 5.73 Å². The number of hydrogen-bond donors (Lipinski definition) is 2. The lowest BCUT2D eigenvalue weighted by Gasteiger charge is -2.27. The highest BCUT2D eigenvalue weighted by Crippen LogP contribution is 2.19. The zero-order valence-corrected chi connectivity index (χ0v) is 13.5. The number of aryl methyl sites for hydroxylation is 1. The molecule has 0 aliphatic heterocycles. The molecule has 5 nitrogen and oxygen atoms in total. The van der Waals surface area contributed by atoms with E-state index < -0.39 is 0 Å². The standard InChI is InChI=1S/C14H20BrN3O2/c1-9(2)18(7-6-13(16)17-20)14(19)11-4-5-12(15)10(3)8-11/h4-5,8-9,20H,6-7H2,1-3H3,(H2,16,17). The van der Waals surface area contributed by atoms with E-state index in [4.69, 9.17) is 10.9 Å². The van der Waals surface area contributed by atoms with E-state index in [0.29, 0.717) is 18.5 Å². The van der Waals surface area contributed by atoms with E-state index in [1.807, 2.05) is 32.9 Å². The summed E-state index contributed by atoms with van der Waals surface area (Å²) in [5.74, 6) is 0.0665. The maximum absolute atomic E-state index is 12.5. The molecular formula is C14H20BrN3O2. The number of amidine groups is 1. The number of halogens is 1. The number of benzene rings is 1. The van der Waals surface area contributed by atoms with Gasteiger partial charge in [-0.2, -0.15) is 0 Å². The van der Waals surface area contributed by atoms with Gasteiger partial charge in [0.1, 0.15) is 5.84 Å². The van der Waals surface area contributed by atoms with Crippen LogP contribution in [0.3, 0.4) is 0 Å². The summed E-state index contributed by atoms with van der Waals surface area (Å²) in [5, 5.41) is 11.5. The second-order valence-electron chi connectivity index (χ2n) is 4.90. The van der Waals surface area contributed by atoms with Crippen LogP contribution in [0.1, 0.15) is 36.2 Å². The van der Waals surface area contributed by atoms with Crippen molar-refractivity contribution in [2.24, 2.45) is 10.9 Å². The average Bonchev–Trinajstić information content (AvgIpc) is 2.41. The molecule has 20 heavy (non-hydrogen) atoms. The third kappa shape index (κ3) is 4.23. The molecule has 0 saturated heterocycles. The molecule has 0 unspecified atom stereocenters. The van der Waals surface area contributed by atoms with Gasteiger partial charge >= 0.3 is 0 Å². The minimum Gasteiger partial charge on any atom is -0.409 e. The van der Waals surface area contributed by atoms with Crippen LogP contribution in [-0.2, 0) is 0 Å². The van der Waals surface area contributed by atoms with E-state index in [-0.39, 0.29) is 17.8 Å². The molecule has 0 atom stereocenters. The van der Waals surface area contributed by atoms with Gasteiger partial charge in [-0.05, 0) is 44.5 Å². The van der Waals surface area contributed by atoms with Crippen molar-refractivity contribution in [1.29, 1.82) is 0 Å². The van der Waals surface area contributed by atoms with Crippen LogP contribution in [0.15, 0.2) is 27.8 Å². The van der Waals surface area contributed by atoms with Gasteiger partial charge in [0.25, 0.3) is 5.91 Å². The van der Waals surface area contributed by atoms with Gasteiger partial charge in [0.05, 0.1) is 0 Å². The van der Waals surface area contributed by atoms with Crippen molar-refractivity contribution < 1.29 is 10.0 Å². The summed E-state index contributed by atoms with van der Waals surface area (Å²) in [6.07, 6.45) is 0.343. The number of nitrogens with two attached hydrogens (primary N) is 1. The molecule has 0 saturated carbocycles. The van der Waals surface area contributed by atoms with Crippen molar-refractivity contribution in [1.82, 2.24) is 4.90 Å². The number of carbonyl (C=O) groups is 1. The van der Waals surface area contributed by atoms with Crippen molar-refractivity contribution in [3.05, 3.63) is 33.8 Å². The molecule has 1 aromatic rings. The average molecular weight is 342 g/mol. The first-order chi connectivity index (χ1) is 9.36. The molecular weight excluding hydrogens is 322 g/mol. The Kier molecular flexibility index (Phi) is 6.01. The van der Waals surface area contributed by atoms with E-state index in [1.165, 1.54) is 0 Å². The highest BCUT2D eigenvalue weighted by Gasteiger charge is 2.19. The van der Waals surface area contributed by atoms with E-state index >= 15 is 0 Å². The summed E-state index contributed by atoms with van der Waals surface area (Å²) in [6.45, 7) is 6.24. The zero-order valence-electron chi connectivity index (χ0n) is 11.9. The Hall–Kier alpha value is -1.56. The lowest BCUT2D eigenvalue weighted by Crippen LogP contribution is -2.39. The second kappa shape index (κ2) is 7.28. The van der Waals surface area contributed by atoms with Crippen molar-refractivity contribution in [2.75, 3.05) is 6.54 Å². The zero-order chi connectivity index (χ0) is 15.3. The highest BCUT2D eigenvalue weighted by atomic mass is 79.9. The van der Waals surface area contributed by atoms with Gasteiger partial charge in [0.2, 0.25) is 0 Å². The molecule has 1 rings (SSSR count). The van der Waals surface area contributed by atoms with Crippen LogP contribution in [-0.4, -0.2) is 34.4 Å². The van der Waals surface area contributed by atoms with Gasteiger partial charge < -0.3 is 15.8 Å². The summed E-state index contributed by atoms with van der Waals surface area (Å²) >= 11 is 3.42. The first kappa shape index (κ1) is 16.5. The SMILES string of the molecule is Cc1cc(C(=O)N(CC/C(N)=N/O)C(C)C)ccc1Br. The fourth-order valence-corrected chi connectivity index (χ4v) is 2.07. The molecule has 3 N–H and O–H groups in total. The van der Waals surface area contributed by atoms with Crippen LogP contribution in [0.25, 0.3) is 0 Å². The van der Waals surface area contributed by atoms with Crippen LogP contribution >= 0.6 is 15.9 Å². The Labute approximate surface area is 127 Å². The molecule has 0 aliphatic carbocycles. The monoisotopic (exact) mass is 341 g/mol. The van der Waals surface area contributed by atoms with Gasteiger partial charge in [-0.15, -0.1) is 0 Å². The molecule has 1 aromatic carbocycles. The van der Waals surface area contributed by atoms with E-state index in [2.05, 4.69) is 21.1 Å². The Bertz CT molecular complexity index is 515. The smallest absolute Gasteiger partial charge is 0.254 e. The van der Waals surface area contributed by atoms with Gasteiger partial charge in [0.15, 0.2) is 0 Å². The lowest BCUT2D eigenvalue weighted by molar-refractivity contribution is 0.0711. The Balaban J connectivity index is 2.90. The molecule has 0 aliphatic rings. The predicted octanol–water partition coefficient (Wildman–Crippen LogP) is 2.74. The number of rotatable bonds is 5. The molecule has 110 valence electrons. The summed E-state index contributed by atoms with van der Waals surface area (Å²) in [7, 11) is 0. The fraction of sp³-hybridized carbons (Fsp3) is 0.429. The maximum atomic E-state index is 12.5. The van der Waals surface area contributed by atoms with Gasteiger partial charge in [-0.25, -0.2) is 0 Å². The predicted molar refractivity (Wildman–Crippen MR) is 83.1 cm³/mol. The quantitative estimate of drug-likeness (QED) is 0.374. The summed E-state index contributed by atoms with van der Waals surface area (Å²) in [4.78, 5) is 14.2. The first-order valence-electron chi connectivity index (χ1n) is 6.40. The Morgan fingerprint density at radius 1 is 1.50 bits per heavy atom. The van der Waals surface area contributed by atoms with Crippen molar-refractivity contribution in [3.8, 4) is 0 Å². The third-order valence-corrected chi connectivity index (χ3v) is 3.92. The first-order valence-corrected chi connectivity index (χ1v) is 7.19. The molecule has 6 heteroatoms. The van der Waals surface area contributed by atoms with Gasteiger partial charge in [0, 0.05) is 29.0 Å². The Morgan fingerprint density at radius 3 is 2.65 bits per heavy atom. The molecule has 1 amide bonds. The van der Waals surface area contributed by atoms with Crippen LogP contribution in [0, 0.1) is 6.92 Å². The number of carbonyl (C=O) groups excluding carboxylic acids is 1. The third-order valence-electron chi connectivity index (χ3n) is 3.03. The van der Waals surface area contributed by atoms with Crippen molar-refractivity contribution in [2.45, 2.75) is 33.2 Å². The van der Waals surface area contributed by atoms with Crippen LogP contribution in [0.5, 0.6) is 0 Å². The number of hydrogen-bond acceptors (Lipinski definition) is 3. The lowest BCUT2D eigenvalue weighted by atomic mass is 10.1. The van der Waals surface area contributed by atoms with Gasteiger partial charge in [-0.3, -0.25) is 4.79 Å². The largest absolute Gasteiger partial charge is 0.409 e. The number of oxime groups is 1. The van der Waals surface area contributed by atoms with Crippen LogP contribution in [0.2, 0.25) is 0 Å². The van der Waals surface area contributed by atoms with Crippen LogP contribution in [0.4, 0.5) is 0 Å². The second-order valence-corrected chi connectivity index (χ2v) is 5.75. The molecule has 0 spiro atoms. The number of nitrogens with zero attached hydrogens (tertiary/aromatic N) is 2. The number of amides is 1. The maximum Gasteiger partial charge on any atom is 0.254 e. The minimum atomic E-state index is -0.0543. The molecule has 0 heterocycles. The van der Waals surface area contributed by atoms with E-state index in [0.717, 1.165) is 10.0 Å². The fourth-order valence-electron chi connectivity index (χ4n) is 1.82.